The Morgan fingerprint density at radius 1 is 1.10 bits per heavy atom. The first-order chi connectivity index (χ1) is 9.85. The van der Waals surface area contributed by atoms with Crippen LogP contribution in [-0.2, 0) is 6.54 Å². The van der Waals surface area contributed by atoms with Crippen molar-refractivity contribution in [2.45, 2.75) is 16.9 Å². The van der Waals surface area contributed by atoms with E-state index in [4.69, 9.17) is 11.6 Å². The summed E-state index contributed by atoms with van der Waals surface area (Å²) in [5, 5.41) is 3.77. The van der Waals surface area contributed by atoms with Gasteiger partial charge in [0, 0.05) is 11.4 Å². The average molecular weight is 397 g/mol. The van der Waals surface area contributed by atoms with Crippen molar-refractivity contribution in [3.8, 4) is 0 Å². The second-order valence-electron chi connectivity index (χ2n) is 4.15. The van der Waals surface area contributed by atoms with Crippen molar-refractivity contribution in [2.24, 2.45) is 0 Å². The second-order valence-corrected chi connectivity index (χ2v) is 6.49. The Morgan fingerprint density at radius 3 is 2.38 bits per heavy atom. The number of benzene rings is 2. The van der Waals surface area contributed by atoms with Crippen LogP contribution in [0.2, 0.25) is 5.02 Å². The third-order valence-corrected chi connectivity index (χ3v) is 4.73. The zero-order chi connectivity index (χ0) is 15.5. The number of rotatable bonds is 4. The molecule has 1 nitrogen and oxygen atoms in total. The van der Waals surface area contributed by atoms with E-state index < -0.39 is 5.51 Å². The third-order valence-electron chi connectivity index (χ3n) is 2.59. The number of nitrogens with one attached hydrogen (secondary N) is 1. The molecule has 1 N–H and O–H groups in total. The standard InChI is InChI=1S/C14H10BrClF3NS/c15-13-11(16)2-1-3-12(13)20-8-9-4-6-10(7-5-9)21-14(17,18)19/h1-7,20H,8H2. The quantitative estimate of drug-likeness (QED) is 0.606. The monoisotopic (exact) mass is 395 g/mol. The van der Waals surface area contributed by atoms with Crippen LogP contribution in [0, 0.1) is 0 Å². The molecular weight excluding hydrogens is 387 g/mol. The van der Waals surface area contributed by atoms with Gasteiger partial charge in [-0.3, -0.25) is 0 Å². The van der Waals surface area contributed by atoms with E-state index in [1.807, 2.05) is 12.1 Å². The summed E-state index contributed by atoms with van der Waals surface area (Å²) in [6.45, 7) is 0.496. The molecule has 0 radical (unpaired) electrons. The van der Waals surface area contributed by atoms with Crippen LogP contribution in [0.5, 0.6) is 0 Å². The van der Waals surface area contributed by atoms with Gasteiger partial charge in [-0.15, -0.1) is 0 Å². The Morgan fingerprint density at radius 2 is 1.76 bits per heavy atom. The van der Waals surface area contributed by atoms with Crippen molar-refractivity contribution in [1.82, 2.24) is 0 Å². The highest BCUT2D eigenvalue weighted by molar-refractivity contribution is 9.10. The predicted octanol–water partition coefficient (Wildman–Crippen LogP) is 6.33. The van der Waals surface area contributed by atoms with E-state index >= 15 is 0 Å². The van der Waals surface area contributed by atoms with Crippen LogP contribution in [0.4, 0.5) is 18.9 Å². The molecule has 2 aromatic carbocycles. The summed E-state index contributed by atoms with van der Waals surface area (Å²) in [6, 6.07) is 11.7. The van der Waals surface area contributed by atoms with Crippen LogP contribution in [0.25, 0.3) is 0 Å². The lowest BCUT2D eigenvalue weighted by Crippen LogP contribution is -2.01. The van der Waals surface area contributed by atoms with Gasteiger partial charge in [0.05, 0.1) is 15.2 Å². The highest BCUT2D eigenvalue weighted by Crippen LogP contribution is 2.36. The highest BCUT2D eigenvalue weighted by atomic mass is 79.9. The summed E-state index contributed by atoms with van der Waals surface area (Å²) in [5.74, 6) is 0. The number of halogens is 5. The molecule has 0 saturated heterocycles. The molecule has 0 spiro atoms. The van der Waals surface area contributed by atoms with E-state index in [2.05, 4.69) is 21.2 Å². The molecular formula is C14H10BrClF3NS. The van der Waals surface area contributed by atoms with Gasteiger partial charge in [-0.25, -0.2) is 0 Å². The molecule has 0 atom stereocenters. The van der Waals surface area contributed by atoms with Crippen molar-refractivity contribution >= 4 is 45.0 Å². The van der Waals surface area contributed by atoms with E-state index in [1.54, 1.807) is 18.2 Å². The molecule has 0 bridgehead atoms. The largest absolute Gasteiger partial charge is 0.446 e. The molecule has 112 valence electrons. The lowest BCUT2D eigenvalue weighted by Gasteiger charge is -2.10. The second kappa shape index (κ2) is 6.94. The highest BCUT2D eigenvalue weighted by Gasteiger charge is 2.28. The fourth-order valence-corrected chi connectivity index (χ4v) is 2.77. The van der Waals surface area contributed by atoms with Gasteiger partial charge in [0.1, 0.15) is 0 Å². The van der Waals surface area contributed by atoms with Crippen molar-refractivity contribution in [3.05, 3.63) is 57.5 Å². The number of hydrogen-bond acceptors (Lipinski definition) is 2. The van der Waals surface area contributed by atoms with Gasteiger partial charge in [0.25, 0.3) is 0 Å². The van der Waals surface area contributed by atoms with Gasteiger partial charge in [-0.1, -0.05) is 29.8 Å². The van der Waals surface area contributed by atoms with Crippen LogP contribution in [-0.4, -0.2) is 5.51 Å². The maximum absolute atomic E-state index is 12.2. The summed E-state index contributed by atoms with van der Waals surface area (Å²) >= 11 is 9.24. The minimum Gasteiger partial charge on any atom is -0.380 e. The Hall–Kier alpha value is -0.850. The van der Waals surface area contributed by atoms with Crippen molar-refractivity contribution in [1.29, 1.82) is 0 Å². The first-order valence-corrected chi connectivity index (χ1v) is 7.86. The maximum Gasteiger partial charge on any atom is 0.446 e. The zero-order valence-corrected chi connectivity index (χ0v) is 13.7. The van der Waals surface area contributed by atoms with Crippen molar-refractivity contribution in [3.63, 3.8) is 0 Å². The molecule has 0 heterocycles. The number of anilines is 1. The minimum atomic E-state index is -4.26. The normalized spacial score (nSPS) is 11.5. The molecule has 21 heavy (non-hydrogen) atoms. The first-order valence-electron chi connectivity index (χ1n) is 5.88. The van der Waals surface area contributed by atoms with Crippen molar-refractivity contribution in [2.75, 3.05) is 5.32 Å². The van der Waals surface area contributed by atoms with Crippen molar-refractivity contribution < 1.29 is 13.2 Å². The van der Waals surface area contributed by atoms with Crippen LogP contribution in [0.15, 0.2) is 51.8 Å². The summed E-state index contributed by atoms with van der Waals surface area (Å²) < 4.78 is 37.4. The van der Waals surface area contributed by atoms with Gasteiger partial charge in [0.2, 0.25) is 0 Å². The Balaban J connectivity index is 1.99. The molecule has 0 amide bonds. The van der Waals surface area contributed by atoms with E-state index in [9.17, 15) is 13.2 Å². The van der Waals surface area contributed by atoms with E-state index in [1.165, 1.54) is 12.1 Å². The van der Waals surface area contributed by atoms with Crippen LogP contribution in [0.3, 0.4) is 0 Å². The van der Waals surface area contributed by atoms with Crippen LogP contribution >= 0.6 is 39.3 Å². The fourth-order valence-electron chi connectivity index (χ4n) is 1.65. The summed E-state index contributed by atoms with van der Waals surface area (Å²) in [7, 11) is 0. The average Bonchev–Trinajstić information content (AvgIpc) is 2.40. The minimum absolute atomic E-state index is 0.117. The zero-order valence-electron chi connectivity index (χ0n) is 10.5. The molecule has 0 fully saturated rings. The molecule has 0 unspecified atom stereocenters. The predicted molar refractivity (Wildman–Crippen MR) is 84.8 cm³/mol. The fraction of sp³-hybridized carbons (Fsp3) is 0.143. The molecule has 0 aliphatic heterocycles. The Kier molecular flexibility index (Phi) is 5.46. The summed E-state index contributed by atoms with van der Waals surface area (Å²) in [4.78, 5) is 0.176. The topological polar surface area (TPSA) is 12.0 Å². The van der Waals surface area contributed by atoms with Gasteiger partial charge in [-0.05, 0) is 57.5 Å². The summed E-state index contributed by atoms with van der Waals surface area (Å²) in [6.07, 6.45) is 0. The number of hydrogen-bond donors (Lipinski definition) is 1. The molecule has 2 rings (SSSR count). The smallest absolute Gasteiger partial charge is 0.380 e. The Bertz CT molecular complexity index is 617. The van der Waals surface area contributed by atoms with Gasteiger partial charge < -0.3 is 5.32 Å². The lowest BCUT2D eigenvalue weighted by atomic mass is 10.2. The van der Waals surface area contributed by atoms with Crippen LogP contribution in [0.1, 0.15) is 5.56 Å². The summed E-state index contributed by atoms with van der Waals surface area (Å²) in [5.41, 5.74) is -2.55. The third kappa shape index (κ3) is 5.13. The Labute approximate surface area is 138 Å². The molecule has 0 saturated carbocycles. The molecule has 0 aromatic heterocycles. The van der Waals surface area contributed by atoms with Gasteiger partial charge in [0.15, 0.2) is 0 Å². The van der Waals surface area contributed by atoms with Crippen LogP contribution < -0.4 is 5.32 Å². The molecule has 2 aromatic rings. The number of thioether (sulfide) groups is 1. The van der Waals surface area contributed by atoms with E-state index in [0.29, 0.717) is 11.6 Å². The molecule has 0 aliphatic rings. The lowest BCUT2D eigenvalue weighted by molar-refractivity contribution is -0.0328. The van der Waals surface area contributed by atoms with Gasteiger partial charge in [-0.2, -0.15) is 13.2 Å². The first kappa shape index (κ1) is 16.5. The molecule has 0 aliphatic carbocycles. The maximum atomic E-state index is 12.2. The SMILES string of the molecule is FC(F)(F)Sc1ccc(CNc2cccc(Cl)c2Br)cc1. The number of alkyl halides is 3. The van der Waals surface area contributed by atoms with E-state index in [0.717, 1.165) is 15.7 Å². The molecule has 7 heteroatoms. The van der Waals surface area contributed by atoms with Gasteiger partial charge >= 0.3 is 5.51 Å². The van der Waals surface area contributed by atoms with E-state index in [-0.39, 0.29) is 16.7 Å².